The molecular formula is C16H20NOP. The first-order chi connectivity index (χ1) is 8.99. The summed E-state index contributed by atoms with van der Waals surface area (Å²) in [6.07, 6.45) is 0. The number of aryl methyl sites for hydroxylation is 4. The third-order valence-electron chi connectivity index (χ3n) is 3.07. The van der Waals surface area contributed by atoms with Crippen molar-refractivity contribution >= 4 is 20.0 Å². The molecule has 0 aliphatic rings. The smallest absolute Gasteiger partial charge is 0.153 e. The number of anilines is 2. The first-order valence-electron chi connectivity index (χ1n) is 6.41. The Balaban J connectivity index is 2.52. The van der Waals surface area contributed by atoms with Crippen molar-refractivity contribution in [1.82, 2.24) is 0 Å². The molecule has 0 aliphatic heterocycles. The topological polar surface area (TPSA) is 20.3 Å². The average Bonchev–Trinajstić information content (AvgIpc) is 2.27. The molecule has 2 aromatic carbocycles. The van der Waals surface area contributed by atoms with Crippen LogP contribution in [0.4, 0.5) is 11.4 Å². The van der Waals surface area contributed by atoms with E-state index in [0.29, 0.717) is 0 Å². The number of rotatable bonds is 3. The van der Waals surface area contributed by atoms with Gasteiger partial charge in [-0.2, -0.15) is 0 Å². The summed E-state index contributed by atoms with van der Waals surface area (Å²) in [5.41, 5.74) is 6.78. The van der Waals surface area contributed by atoms with E-state index in [1.807, 2.05) is 4.67 Å². The van der Waals surface area contributed by atoms with Gasteiger partial charge in [0.15, 0.2) is 8.61 Å². The van der Waals surface area contributed by atoms with Gasteiger partial charge in [-0.15, -0.1) is 0 Å². The summed E-state index contributed by atoms with van der Waals surface area (Å²) in [6.45, 7) is 8.26. The van der Waals surface area contributed by atoms with Crippen molar-refractivity contribution in [1.29, 1.82) is 0 Å². The van der Waals surface area contributed by atoms with Gasteiger partial charge >= 0.3 is 0 Å². The van der Waals surface area contributed by atoms with Crippen LogP contribution in [0.15, 0.2) is 36.4 Å². The molecule has 3 heteroatoms. The summed E-state index contributed by atoms with van der Waals surface area (Å²) in [4.78, 5) is 0. The molecular weight excluding hydrogens is 253 g/mol. The Morgan fingerprint density at radius 3 is 1.26 bits per heavy atom. The molecule has 2 aromatic rings. The Labute approximate surface area is 116 Å². The van der Waals surface area contributed by atoms with E-state index in [2.05, 4.69) is 64.1 Å². The van der Waals surface area contributed by atoms with Crippen molar-refractivity contribution < 1.29 is 4.57 Å². The SMILES string of the molecule is Cc1cc(C)cc(N([PH2]=O)c2cc(C)cc(C)c2)c1. The largest absolute Gasteiger partial charge is 0.307 e. The van der Waals surface area contributed by atoms with E-state index in [9.17, 15) is 4.57 Å². The van der Waals surface area contributed by atoms with Crippen LogP contribution >= 0.6 is 8.61 Å². The monoisotopic (exact) mass is 273 g/mol. The lowest BCUT2D eigenvalue weighted by Gasteiger charge is -2.20. The molecule has 0 aromatic heterocycles. The average molecular weight is 273 g/mol. The zero-order valence-electron chi connectivity index (χ0n) is 11.9. The number of nitrogens with zero attached hydrogens (tertiary/aromatic N) is 1. The van der Waals surface area contributed by atoms with E-state index in [1.54, 1.807) is 0 Å². The lowest BCUT2D eigenvalue weighted by molar-refractivity contribution is 0.598. The van der Waals surface area contributed by atoms with Crippen LogP contribution in [0.25, 0.3) is 0 Å². The Kier molecular flexibility index (Phi) is 4.11. The van der Waals surface area contributed by atoms with Crippen LogP contribution in [0.1, 0.15) is 22.3 Å². The highest BCUT2D eigenvalue weighted by Crippen LogP contribution is 2.33. The molecule has 1 atom stereocenters. The number of hydrogen-bond acceptors (Lipinski definition) is 1. The fourth-order valence-corrected chi connectivity index (χ4v) is 2.99. The van der Waals surface area contributed by atoms with Gasteiger partial charge in [0, 0.05) is 11.4 Å². The normalized spacial score (nSPS) is 11.2. The zero-order valence-corrected chi connectivity index (χ0v) is 13.1. The highest BCUT2D eigenvalue weighted by atomic mass is 31.1. The van der Waals surface area contributed by atoms with E-state index in [1.165, 1.54) is 22.3 Å². The maximum atomic E-state index is 11.7. The molecule has 0 bridgehead atoms. The molecule has 1 unspecified atom stereocenters. The Bertz CT molecular complexity index is 530. The predicted molar refractivity (Wildman–Crippen MR) is 84.4 cm³/mol. The second-order valence-corrected chi connectivity index (χ2v) is 5.89. The molecule has 0 radical (unpaired) electrons. The van der Waals surface area contributed by atoms with Crippen molar-refractivity contribution in [2.75, 3.05) is 4.67 Å². The summed E-state index contributed by atoms with van der Waals surface area (Å²) in [6, 6.07) is 12.6. The third-order valence-corrected chi connectivity index (χ3v) is 3.88. The third kappa shape index (κ3) is 3.27. The van der Waals surface area contributed by atoms with E-state index >= 15 is 0 Å². The van der Waals surface area contributed by atoms with Crippen molar-refractivity contribution in [3.8, 4) is 0 Å². The molecule has 0 heterocycles. The summed E-state index contributed by atoms with van der Waals surface area (Å²) in [5, 5.41) is 0. The molecule has 0 aliphatic carbocycles. The molecule has 0 spiro atoms. The first-order valence-corrected chi connectivity index (χ1v) is 7.39. The van der Waals surface area contributed by atoms with Crippen LogP contribution in [0, 0.1) is 27.7 Å². The summed E-state index contributed by atoms with van der Waals surface area (Å²) in [5.74, 6) is 0. The highest BCUT2D eigenvalue weighted by Gasteiger charge is 2.09. The molecule has 19 heavy (non-hydrogen) atoms. The quantitative estimate of drug-likeness (QED) is 0.753. The summed E-state index contributed by atoms with van der Waals surface area (Å²) >= 11 is 0. The van der Waals surface area contributed by atoms with Crippen molar-refractivity contribution in [3.63, 3.8) is 0 Å². The van der Waals surface area contributed by atoms with Crippen LogP contribution in [-0.2, 0) is 4.57 Å². The Morgan fingerprint density at radius 2 is 1.00 bits per heavy atom. The summed E-state index contributed by atoms with van der Waals surface area (Å²) < 4.78 is 13.6. The molecule has 2 nitrogen and oxygen atoms in total. The Morgan fingerprint density at radius 1 is 0.684 bits per heavy atom. The highest BCUT2D eigenvalue weighted by molar-refractivity contribution is 7.26. The van der Waals surface area contributed by atoms with Gasteiger partial charge in [-0.25, -0.2) is 0 Å². The lowest BCUT2D eigenvalue weighted by Crippen LogP contribution is -2.03. The molecule has 0 amide bonds. The van der Waals surface area contributed by atoms with Crippen molar-refractivity contribution in [3.05, 3.63) is 58.7 Å². The predicted octanol–water partition coefficient (Wildman–Crippen LogP) is 4.73. The first kappa shape index (κ1) is 13.9. The molecule has 0 N–H and O–H groups in total. The van der Waals surface area contributed by atoms with Crippen LogP contribution in [0.2, 0.25) is 0 Å². The van der Waals surface area contributed by atoms with Gasteiger partial charge in [-0.1, -0.05) is 12.1 Å². The van der Waals surface area contributed by atoms with E-state index in [-0.39, 0.29) is 0 Å². The van der Waals surface area contributed by atoms with Gasteiger partial charge in [-0.05, 0) is 74.2 Å². The van der Waals surface area contributed by atoms with Gasteiger partial charge in [0.25, 0.3) is 0 Å². The van der Waals surface area contributed by atoms with Crippen molar-refractivity contribution in [2.45, 2.75) is 27.7 Å². The molecule has 0 saturated heterocycles. The lowest BCUT2D eigenvalue weighted by atomic mass is 10.1. The van der Waals surface area contributed by atoms with Crippen LogP contribution in [0.5, 0.6) is 0 Å². The van der Waals surface area contributed by atoms with Crippen LogP contribution in [-0.4, -0.2) is 0 Å². The standard InChI is InChI=1S/C16H20NOP/c1-11-5-12(2)8-15(7-11)17(19-18)16-9-13(3)6-14(4)10-16/h5-10H,19H2,1-4H3. The molecule has 2 rings (SSSR count). The van der Waals surface area contributed by atoms with Gasteiger partial charge in [0.05, 0.1) is 0 Å². The van der Waals surface area contributed by atoms with Crippen LogP contribution in [0.3, 0.4) is 0 Å². The molecule has 0 saturated carbocycles. The minimum atomic E-state index is -1.04. The van der Waals surface area contributed by atoms with Crippen LogP contribution < -0.4 is 4.67 Å². The number of hydrogen-bond donors (Lipinski definition) is 0. The maximum absolute atomic E-state index is 11.7. The van der Waals surface area contributed by atoms with E-state index < -0.39 is 8.61 Å². The van der Waals surface area contributed by atoms with Gasteiger partial charge < -0.3 is 4.57 Å². The van der Waals surface area contributed by atoms with Gasteiger partial charge in [0.2, 0.25) is 0 Å². The Hall–Kier alpha value is -1.53. The second-order valence-electron chi connectivity index (χ2n) is 5.17. The summed E-state index contributed by atoms with van der Waals surface area (Å²) in [7, 11) is -1.04. The fraction of sp³-hybridized carbons (Fsp3) is 0.250. The zero-order chi connectivity index (χ0) is 14.0. The molecule has 0 fully saturated rings. The minimum absolute atomic E-state index is 1.01. The maximum Gasteiger partial charge on any atom is 0.153 e. The molecule has 100 valence electrons. The van der Waals surface area contributed by atoms with Gasteiger partial charge in [-0.3, -0.25) is 4.67 Å². The van der Waals surface area contributed by atoms with Crippen molar-refractivity contribution in [2.24, 2.45) is 0 Å². The fourth-order valence-electron chi connectivity index (χ4n) is 2.45. The van der Waals surface area contributed by atoms with E-state index in [0.717, 1.165) is 11.4 Å². The second kappa shape index (κ2) is 5.63. The minimum Gasteiger partial charge on any atom is -0.307 e. The number of benzene rings is 2. The van der Waals surface area contributed by atoms with E-state index in [4.69, 9.17) is 0 Å². The van der Waals surface area contributed by atoms with Gasteiger partial charge in [0.1, 0.15) is 0 Å².